The Morgan fingerprint density at radius 3 is 2.69 bits per heavy atom. The van der Waals surface area contributed by atoms with E-state index in [-0.39, 0.29) is 24.4 Å². The summed E-state index contributed by atoms with van der Waals surface area (Å²) in [5.74, 6) is 1.44. The first-order valence-corrected chi connectivity index (χ1v) is 9.13. The van der Waals surface area contributed by atoms with Crippen LogP contribution in [0.5, 0.6) is 11.5 Å². The highest BCUT2D eigenvalue weighted by atomic mass is 16.5. The molecule has 0 aromatic heterocycles. The predicted molar refractivity (Wildman–Crippen MR) is 99.5 cm³/mol. The van der Waals surface area contributed by atoms with E-state index in [0.717, 1.165) is 36.3 Å². The summed E-state index contributed by atoms with van der Waals surface area (Å²) in [7, 11) is 3.24. The minimum atomic E-state index is -0.152. The van der Waals surface area contributed by atoms with E-state index in [1.807, 2.05) is 25.1 Å². The number of amides is 3. The number of nitrogens with one attached hydrogen (secondary N) is 2. The van der Waals surface area contributed by atoms with Crippen LogP contribution in [-0.4, -0.2) is 50.7 Å². The number of carbonyl (C=O) groups excluding carboxylic acids is 2. The van der Waals surface area contributed by atoms with Crippen LogP contribution in [0, 0.1) is 0 Å². The van der Waals surface area contributed by atoms with Gasteiger partial charge in [0, 0.05) is 31.6 Å². The van der Waals surface area contributed by atoms with Crippen LogP contribution in [-0.2, 0) is 4.79 Å². The number of urea groups is 1. The van der Waals surface area contributed by atoms with E-state index >= 15 is 0 Å². The van der Waals surface area contributed by atoms with Crippen molar-refractivity contribution >= 4 is 11.9 Å². The van der Waals surface area contributed by atoms with Crippen molar-refractivity contribution in [3.8, 4) is 11.5 Å². The minimum absolute atomic E-state index is 0.0420. The van der Waals surface area contributed by atoms with E-state index in [0.29, 0.717) is 19.6 Å². The quantitative estimate of drug-likeness (QED) is 0.744. The standard InChI is InChI=1S/C19H29N3O4/c1-4-10-20-18(23)9-11-21-19(24)22-12-5-6-16(22)15-13-14(25-2)7-8-17(15)26-3/h7-8,13,16H,4-6,9-12H2,1-3H3,(H,20,23)(H,21,24). The van der Waals surface area contributed by atoms with Crippen LogP contribution in [0.25, 0.3) is 0 Å². The molecule has 26 heavy (non-hydrogen) atoms. The molecule has 0 saturated carbocycles. The molecule has 1 heterocycles. The summed E-state index contributed by atoms with van der Waals surface area (Å²) in [6, 6.07) is 5.42. The van der Waals surface area contributed by atoms with Gasteiger partial charge in [-0.25, -0.2) is 4.79 Å². The summed E-state index contributed by atoms with van der Waals surface area (Å²) in [5.41, 5.74) is 0.945. The van der Waals surface area contributed by atoms with Crippen LogP contribution in [0.3, 0.4) is 0 Å². The Labute approximate surface area is 155 Å². The van der Waals surface area contributed by atoms with Crippen molar-refractivity contribution in [1.29, 1.82) is 0 Å². The third-order valence-electron chi connectivity index (χ3n) is 4.51. The van der Waals surface area contributed by atoms with Crippen molar-refractivity contribution in [1.82, 2.24) is 15.5 Å². The van der Waals surface area contributed by atoms with E-state index in [9.17, 15) is 9.59 Å². The molecular weight excluding hydrogens is 334 g/mol. The van der Waals surface area contributed by atoms with Crippen molar-refractivity contribution in [2.45, 2.75) is 38.6 Å². The molecule has 2 rings (SSSR count). The van der Waals surface area contributed by atoms with Crippen molar-refractivity contribution in [3.63, 3.8) is 0 Å². The van der Waals surface area contributed by atoms with Crippen molar-refractivity contribution in [3.05, 3.63) is 23.8 Å². The predicted octanol–water partition coefficient (Wildman–Crippen LogP) is 2.47. The lowest BCUT2D eigenvalue weighted by Crippen LogP contribution is -2.41. The number of ether oxygens (including phenoxy) is 2. The monoisotopic (exact) mass is 363 g/mol. The molecule has 144 valence electrons. The molecule has 1 aliphatic heterocycles. The maximum absolute atomic E-state index is 12.6. The number of benzene rings is 1. The third kappa shape index (κ3) is 5.03. The lowest BCUT2D eigenvalue weighted by atomic mass is 10.0. The Balaban J connectivity index is 1.99. The molecule has 1 aliphatic rings. The summed E-state index contributed by atoms with van der Waals surface area (Å²) in [6.07, 6.45) is 2.98. The summed E-state index contributed by atoms with van der Waals surface area (Å²) < 4.78 is 10.8. The fourth-order valence-corrected chi connectivity index (χ4v) is 3.17. The fourth-order valence-electron chi connectivity index (χ4n) is 3.17. The zero-order valence-corrected chi connectivity index (χ0v) is 15.8. The van der Waals surface area contributed by atoms with E-state index in [1.54, 1.807) is 19.1 Å². The zero-order valence-electron chi connectivity index (χ0n) is 15.8. The molecule has 7 nitrogen and oxygen atoms in total. The number of rotatable bonds is 8. The van der Waals surface area contributed by atoms with Crippen LogP contribution >= 0.6 is 0 Å². The van der Waals surface area contributed by atoms with Crippen LogP contribution in [0.2, 0.25) is 0 Å². The second kappa shape index (κ2) is 9.89. The van der Waals surface area contributed by atoms with Gasteiger partial charge in [0.1, 0.15) is 11.5 Å². The molecule has 0 radical (unpaired) electrons. The van der Waals surface area contributed by atoms with E-state index < -0.39 is 0 Å². The van der Waals surface area contributed by atoms with Gasteiger partial charge in [-0.2, -0.15) is 0 Å². The summed E-state index contributed by atoms with van der Waals surface area (Å²) in [4.78, 5) is 26.0. The molecule has 7 heteroatoms. The Morgan fingerprint density at radius 2 is 2.00 bits per heavy atom. The highest BCUT2D eigenvalue weighted by Crippen LogP contribution is 2.38. The van der Waals surface area contributed by atoms with Gasteiger partial charge < -0.3 is 25.0 Å². The molecular formula is C19H29N3O4. The van der Waals surface area contributed by atoms with Crippen molar-refractivity contribution in [2.75, 3.05) is 33.9 Å². The van der Waals surface area contributed by atoms with Crippen LogP contribution in [0.1, 0.15) is 44.2 Å². The number of carbonyl (C=O) groups is 2. The number of likely N-dealkylation sites (tertiary alicyclic amines) is 1. The van der Waals surface area contributed by atoms with Gasteiger partial charge in [0.15, 0.2) is 0 Å². The van der Waals surface area contributed by atoms with Gasteiger partial charge in [-0.05, 0) is 37.5 Å². The van der Waals surface area contributed by atoms with Gasteiger partial charge in [0.2, 0.25) is 5.91 Å². The van der Waals surface area contributed by atoms with Gasteiger partial charge in [-0.15, -0.1) is 0 Å². The van der Waals surface area contributed by atoms with Gasteiger partial charge >= 0.3 is 6.03 Å². The molecule has 1 unspecified atom stereocenters. The first kappa shape index (κ1) is 19.9. The molecule has 2 N–H and O–H groups in total. The van der Waals surface area contributed by atoms with Crippen LogP contribution < -0.4 is 20.1 Å². The van der Waals surface area contributed by atoms with Gasteiger partial charge in [-0.1, -0.05) is 6.92 Å². The largest absolute Gasteiger partial charge is 0.497 e. The molecule has 0 aliphatic carbocycles. The van der Waals surface area contributed by atoms with Gasteiger partial charge in [0.25, 0.3) is 0 Å². The Bertz CT molecular complexity index is 621. The van der Waals surface area contributed by atoms with Crippen molar-refractivity contribution in [2.24, 2.45) is 0 Å². The average molecular weight is 363 g/mol. The molecule has 3 amide bonds. The van der Waals surface area contributed by atoms with Gasteiger partial charge in [-0.3, -0.25) is 4.79 Å². The topological polar surface area (TPSA) is 79.9 Å². The molecule has 1 fully saturated rings. The summed E-state index contributed by atoms with van der Waals surface area (Å²) >= 11 is 0. The lowest BCUT2D eigenvalue weighted by molar-refractivity contribution is -0.120. The molecule has 1 saturated heterocycles. The average Bonchev–Trinajstić information content (AvgIpc) is 3.15. The second-order valence-electron chi connectivity index (χ2n) is 6.29. The van der Waals surface area contributed by atoms with Crippen molar-refractivity contribution < 1.29 is 19.1 Å². The lowest BCUT2D eigenvalue weighted by Gasteiger charge is -2.27. The second-order valence-corrected chi connectivity index (χ2v) is 6.29. The Hall–Kier alpha value is -2.44. The molecule has 0 bridgehead atoms. The fraction of sp³-hybridized carbons (Fsp3) is 0.579. The minimum Gasteiger partial charge on any atom is -0.497 e. The smallest absolute Gasteiger partial charge is 0.317 e. The maximum Gasteiger partial charge on any atom is 0.317 e. The molecule has 0 spiro atoms. The Morgan fingerprint density at radius 1 is 1.19 bits per heavy atom. The molecule has 1 aromatic carbocycles. The van der Waals surface area contributed by atoms with E-state index in [2.05, 4.69) is 10.6 Å². The number of nitrogens with zero attached hydrogens (tertiary/aromatic N) is 1. The van der Waals surface area contributed by atoms with Crippen LogP contribution in [0.4, 0.5) is 4.79 Å². The number of hydrogen-bond donors (Lipinski definition) is 2. The number of hydrogen-bond acceptors (Lipinski definition) is 4. The maximum atomic E-state index is 12.6. The van der Waals surface area contributed by atoms with E-state index in [4.69, 9.17) is 9.47 Å². The number of methoxy groups -OCH3 is 2. The highest BCUT2D eigenvalue weighted by Gasteiger charge is 2.32. The van der Waals surface area contributed by atoms with Gasteiger partial charge in [0.05, 0.1) is 20.3 Å². The summed E-state index contributed by atoms with van der Waals surface area (Å²) in [5, 5.41) is 5.66. The van der Waals surface area contributed by atoms with E-state index in [1.165, 1.54) is 0 Å². The third-order valence-corrected chi connectivity index (χ3v) is 4.51. The molecule has 1 aromatic rings. The Kier molecular flexibility index (Phi) is 7.56. The normalized spacial score (nSPS) is 16.3. The first-order valence-electron chi connectivity index (χ1n) is 9.13. The molecule has 1 atom stereocenters. The zero-order chi connectivity index (χ0) is 18.9. The summed E-state index contributed by atoms with van der Waals surface area (Å²) in [6.45, 7) is 3.67. The highest BCUT2D eigenvalue weighted by molar-refractivity contribution is 5.78. The van der Waals surface area contributed by atoms with Crippen LogP contribution in [0.15, 0.2) is 18.2 Å². The SMILES string of the molecule is CCCNC(=O)CCNC(=O)N1CCCC1c1cc(OC)ccc1OC. The first-order chi connectivity index (χ1) is 12.6.